The SMILES string of the molecule is Nc1ccc(SSc2nccs2)cc1. The van der Waals surface area contributed by atoms with E-state index in [1.807, 2.05) is 35.8 Å². The number of nitrogen functional groups attached to an aromatic ring is 1. The van der Waals surface area contributed by atoms with Gasteiger partial charge in [0.25, 0.3) is 0 Å². The fourth-order valence-electron chi connectivity index (χ4n) is 0.859. The van der Waals surface area contributed by atoms with Crippen molar-refractivity contribution < 1.29 is 0 Å². The molecule has 0 amide bonds. The van der Waals surface area contributed by atoms with Gasteiger partial charge < -0.3 is 5.73 Å². The lowest BCUT2D eigenvalue weighted by Gasteiger charge is -1.98. The molecule has 0 bridgehead atoms. The van der Waals surface area contributed by atoms with Gasteiger partial charge in [0.05, 0.1) is 0 Å². The molecule has 0 aliphatic carbocycles. The van der Waals surface area contributed by atoms with Gasteiger partial charge in [-0.15, -0.1) is 11.3 Å². The van der Waals surface area contributed by atoms with Crippen LogP contribution in [-0.4, -0.2) is 4.98 Å². The smallest absolute Gasteiger partial charge is 0.160 e. The van der Waals surface area contributed by atoms with E-state index in [9.17, 15) is 0 Å². The van der Waals surface area contributed by atoms with E-state index in [1.54, 1.807) is 32.9 Å². The first-order valence-corrected chi connectivity index (χ1v) is 6.97. The van der Waals surface area contributed by atoms with Crippen LogP contribution in [0.3, 0.4) is 0 Å². The summed E-state index contributed by atoms with van der Waals surface area (Å²) in [5, 5.41) is 1.98. The van der Waals surface area contributed by atoms with Crippen molar-refractivity contribution in [2.24, 2.45) is 0 Å². The average Bonchev–Trinajstić information content (AvgIpc) is 2.70. The Morgan fingerprint density at radius 1 is 1.14 bits per heavy atom. The molecule has 1 aromatic heterocycles. The predicted octanol–water partition coefficient (Wildman–Crippen LogP) is 3.52. The number of benzene rings is 1. The molecule has 2 N–H and O–H groups in total. The number of rotatable bonds is 3. The van der Waals surface area contributed by atoms with Gasteiger partial charge in [-0.1, -0.05) is 10.8 Å². The van der Waals surface area contributed by atoms with Gasteiger partial charge in [-0.05, 0) is 35.1 Å². The lowest BCUT2D eigenvalue weighted by atomic mass is 10.3. The molecular formula is C9H8N2S3. The van der Waals surface area contributed by atoms with E-state index in [4.69, 9.17) is 5.73 Å². The summed E-state index contributed by atoms with van der Waals surface area (Å²) in [6.45, 7) is 0. The van der Waals surface area contributed by atoms with E-state index in [2.05, 4.69) is 4.98 Å². The Kier molecular flexibility index (Phi) is 3.34. The molecule has 5 heteroatoms. The van der Waals surface area contributed by atoms with Crippen molar-refractivity contribution in [1.82, 2.24) is 4.98 Å². The number of anilines is 1. The van der Waals surface area contributed by atoms with Gasteiger partial charge in [0.1, 0.15) is 0 Å². The molecule has 1 heterocycles. The van der Waals surface area contributed by atoms with Crippen LogP contribution < -0.4 is 5.73 Å². The largest absolute Gasteiger partial charge is 0.399 e. The van der Waals surface area contributed by atoms with Crippen molar-refractivity contribution in [3.63, 3.8) is 0 Å². The van der Waals surface area contributed by atoms with Gasteiger partial charge in [-0.3, -0.25) is 0 Å². The maximum absolute atomic E-state index is 5.59. The second-order valence-electron chi connectivity index (χ2n) is 2.53. The van der Waals surface area contributed by atoms with Crippen molar-refractivity contribution in [3.8, 4) is 0 Å². The van der Waals surface area contributed by atoms with Crippen LogP contribution in [0.25, 0.3) is 0 Å². The summed E-state index contributed by atoms with van der Waals surface area (Å²) in [5.41, 5.74) is 6.39. The van der Waals surface area contributed by atoms with Crippen LogP contribution in [0.5, 0.6) is 0 Å². The maximum atomic E-state index is 5.59. The zero-order valence-electron chi connectivity index (χ0n) is 7.21. The molecule has 0 atom stereocenters. The van der Waals surface area contributed by atoms with Crippen LogP contribution in [-0.2, 0) is 0 Å². The average molecular weight is 240 g/mol. The molecule has 0 aliphatic heterocycles. The molecule has 0 saturated carbocycles. The van der Waals surface area contributed by atoms with Gasteiger partial charge in [0, 0.05) is 22.2 Å². The van der Waals surface area contributed by atoms with E-state index in [-0.39, 0.29) is 0 Å². The Hall–Kier alpha value is -0.650. The van der Waals surface area contributed by atoms with Crippen LogP contribution in [0.1, 0.15) is 0 Å². The predicted molar refractivity (Wildman–Crippen MR) is 64.7 cm³/mol. The van der Waals surface area contributed by atoms with Gasteiger partial charge in [-0.25, -0.2) is 4.98 Å². The topological polar surface area (TPSA) is 38.9 Å². The third-order valence-electron chi connectivity index (χ3n) is 1.50. The Labute approximate surface area is 94.3 Å². The van der Waals surface area contributed by atoms with Crippen molar-refractivity contribution in [2.75, 3.05) is 5.73 Å². The van der Waals surface area contributed by atoms with Crippen LogP contribution in [0.15, 0.2) is 45.1 Å². The number of nitrogens with two attached hydrogens (primary N) is 1. The molecule has 1 aromatic carbocycles. The normalized spacial score (nSPS) is 10.3. The Morgan fingerprint density at radius 2 is 1.93 bits per heavy atom. The monoisotopic (exact) mass is 240 g/mol. The fraction of sp³-hybridized carbons (Fsp3) is 0. The highest BCUT2D eigenvalue weighted by Crippen LogP contribution is 2.38. The molecule has 2 nitrogen and oxygen atoms in total. The quantitative estimate of drug-likeness (QED) is 0.658. The highest BCUT2D eigenvalue weighted by atomic mass is 33.1. The number of hydrogen-bond donors (Lipinski definition) is 1. The maximum Gasteiger partial charge on any atom is 0.160 e. The highest BCUT2D eigenvalue weighted by molar-refractivity contribution is 8.77. The van der Waals surface area contributed by atoms with Gasteiger partial charge in [0.15, 0.2) is 4.34 Å². The fourth-order valence-corrected chi connectivity index (χ4v) is 3.69. The van der Waals surface area contributed by atoms with Gasteiger partial charge >= 0.3 is 0 Å². The van der Waals surface area contributed by atoms with Crippen molar-refractivity contribution >= 4 is 38.6 Å². The zero-order chi connectivity index (χ0) is 9.80. The summed E-state index contributed by atoms with van der Waals surface area (Å²) in [4.78, 5) is 5.38. The van der Waals surface area contributed by atoms with Crippen LogP contribution in [0.2, 0.25) is 0 Å². The first-order valence-electron chi connectivity index (χ1n) is 3.94. The zero-order valence-corrected chi connectivity index (χ0v) is 9.66. The number of hydrogen-bond acceptors (Lipinski definition) is 5. The summed E-state index contributed by atoms with van der Waals surface area (Å²) < 4.78 is 1.08. The standard InChI is InChI=1S/C9H8N2S3/c10-7-1-3-8(4-2-7)13-14-9-11-5-6-12-9/h1-6H,10H2. The van der Waals surface area contributed by atoms with E-state index in [0.29, 0.717) is 0 Å². The molecule has 2 aromatic rings. The van der Waals surface area contributed by atoms with Crippen LogP contribution >= 0.6 is 32.9 Å². The molecule has 2 rings (SSSR count). The third-order valence-corrected chi connectivity index (χ3v) is 5.02. The summed E-state index contributed by atoms with van der Waals surface area (Å²) in [6.07, 6.45) is 1.82. The van der Waals surface area contributed by atoms with E-state index >= 15 is 0 Å². The number of aromatic nitrogens is 1. The highest BCUT2D eigenvalue weighted by Gasteiger charge is 1.98. The number of nitrogens with zero attached hydrogens (tertiary/aromatic N) is 1. The second-order valence-corrected chi connectivity index (χ2v) is 5.88. The molecular weight excluding hydrogens is 232 g/mol. The minimum absolute atomic E-state index is 0.800. The minimum Gasteiger partial charge on any atom is -0.399 e. The van der Waals surface area contributed by atoms with Gasteiger partial charge in [0.2, 0.25) is 0 Å². The molecule has 0 saturated heterocycles. The van der Waals surface area contributed by atoms with E-state index in [1.165, 1.54) is 4.90 Å². The van der Waals surface area contributed by atoms with Crippen LogP contribution in [0.4, 0.5) is 5.69 Å². The van der Waals surface area contributed by atoms with Crippen LogP contribution in [0, 0.1) is 0 Å². The summed E-state index contributed by atoms with van der Waals surface area (Å²) >= 11 is 1.65. The van der Waals surface area contributed by atoms with Gasteiger partial charge in [-0.2, -0.15) is 0 Å². The first kappa shape index (κ1) is 9.89. The summed E-state index contributed by atoms with van der Waals surface area (Å²) in [6, 6.07) is 7.84. The Morgan fingerprint density at radius 3 is 2.57 bits per heavy atom. The van der Waals surface area contributed by atoms with E-state index in [0.717, 1.165) is 10.0 Å². The lowest BCUT2D eigenvalue weighted by Crippen LogP contribution is -1.81. The summed E-state index contributed by atoms with van der Waals surface area (Å²) in [7, 11) is 3.37. The molecule has 0 spiro atoms. The van der Waals surface area contributed by atoms with Crippen molar-refractivity contribution in [3.05, 3.63) is 35.8 Å². The first-order chi connectivity index (χ1) is 6.84. The lowest BCUT2D eigenvalue weighted by molar-refractivity contribution is 1.26. The molecule has 72 valence electrons. The third kappa shape index (κ3) is 2.67. The van der Waals surface area contributed by atoms with Crippen molar-refractivity contribution in [2.45, 2.75) is 9.24 Å². The number of thiazole rings is 1. The molecule has 0 radical (unpaired) electrons. The molecule has 14 heavy (non-hydrogen) atoms. The second kappa shape index (κ2) is 4.72. The Balaban J connectivity index is 1.95. The molecule has 0 fully saturated rings. The Bertz CT molecular complexity index is 383. The summed E-state index contributed by atoms with van der Waals surface area (Å²) in [5.74, 6) is 0. The van der Waals surface area contributed by atoms with Crippen molar-refractivity contribution in [1.29, 1.82) is 0 Å². The molecule has 0 unspecified atom stereocenters. The molecule has 0 aliphatic rings. The minimum atomic E-state index is 0.800. The van der Waals surface area contributed by atoms with E-state index < -0.39 is 0 Å².